The Morgan fingerprint density at radius 3 is 2.84 bits per heavy atom. The van der Waals surface area contributed by atoms with Crippen LogP contribution < -0.4 is 5.73 Å². The highest BCUT2D eigenvalue weighted by Crippen LogP contribution is 2.32. The molecule has 2 nitrogen and oxygen atoms in total. The second-order valence-electron chi connectivity index (χ2n) is 5.81. The van der Waals surface area contributed by atoms with E-state index in [4.69, 9.17) is 5.73 Å². The van der Waals surface area contributed by atoms with Crippen molar-refractivity contribution in [3.05, 3.63) is 34.1 Å². The van der Waals surface area contributed by atoms with Crippen molar-refractivity contribution in [2.24, 2.45) is 11.7 Å². The Labute approximate surface area is 123 Å². The van der Waals surface area contributed by atoms with Crippen LogP contribution in [0.1, 0.15) is 38.3 Å². The van der Waals surface area contributed by atoms with Crippen LogP contribution in [0.15, 0.2) is 22.7 Å². The van der Waals surface area contributed by atoms with E-state index in [0.29, 0.717) is 10.4 Å². The molecule has 1 fully saturated rings. The van der Waals surface area contributed by atoms with E-state index in [2.05, 4.69) is 34.7 Å². The molecular formula is C15H22BrFN2. The molecule has 2 rings (SSSR count). The number of nitrogens with zero attached hydrogens (tertiary/aromatic N) is 1. The fourth-order valence-electron chi connectivity index (χ4n) is 2.93. The van der Waals surface area contributed by atoms with Crippen molar-refractivity contribution in [2.45, 2.75) is 38.8 Å². The topological polar surface area (TPSA) is 29.3 Å². The second kappa shape index (κ2) is 6.33. The highest BCUT2D eigenvalue weighted by atomic mass is 79.9. The first kappa shape index (κ1) is 14.9. The summed E-state index contributed by atoms with van der Waals surface area (Å²) in [6, 6.07) is 5.61. The van der Waals surface area contributed by atoms with E-state index in [9.17, 15) is 4.39 Å². The highest BCUT2D eigenvalue weighted by molar-refractivity contribution is 9.10. The third kappa shape index (κ3) is 3.56. The third-order valence-electron chi connectivity index (χ3n) is 3.67. The van der Waals surface area contributed by atoms with Crippen molar-refractivity contribution in [3.8, 4) is 0 Å². The Balaban J connectivity index is 2.27. The summed E-state index contributed by atoms with van der Waals surface area (Å²) in [5, 5.41) is 0. The molecule has 0 amide bonds. The fraction of sp³-hybridized carbons (Fsp3) is 0.600. The lowest BCUT2D eigenvalue weighted by Gasteiger charge is -2.41. The second-order valence-corrected chi connectivity index (χ2v) is 6.67. The number of hydrogen-bond donors (Lipinski definition) is 1. The maximum Gasteiger partial charge on any atom is 0.137 e. The molecule has 1 heterocycles. The minimum absolute atomic E-state index is 0.0908. The van der Waals surface area contributed by atoms with Crippen LogP contribution in [0.25, 0.3) is 0 Å². The molecule has 0 aliphatic carbocycles. The Hall–Kier alpha value is -0.450. The van der Waals surface area contributed by atoms with Gasteiger partial charge in [0.15, 0.2) is 0 Å². The largest absolute Gasteiger partial charge is 0.326 e. The van der Waals surface area contributed by atoms with E-state index < -0.39 is 0 Å². The molecule has 1 aliphatic rings. The summed E-state index contributed by atoms with van der Waals surface area (Å²) in [6.45, 7) is 6.48. The Morgan fingerprint density at radius 2 is 2.21 bits per heavy atom. The SMILES string of the molecule is CC(C)CN1CCCC(N)C1c1ccc(Br)c(F)c1. The quantitative estimate of drug-likeness (QED) is 0.916. The Bertz CT molecular complexity index is 436. The summed E-state index contributed by atoms with van der Waals surface area (Å²) in [6.07, 6.45) is 2.14. The summed E-state index contributed by atoms with van der Waals surface area (Å²) in [5.41, 5.74) is 7.28. The Kier molecular flexibility index (Phi) is 4.98. The first-order valence-electron chi connectivity index (χ1n) is 6.93. The first-order chi connectivity index (χ1) is 8.99. The molecule has 1 aromatic rings. The van der Waals surface area contributed by atoms with Gasteiger partial charge in [0.2, 0.25) is 0 Å². The average Bonchev–Trinajstić information content (AvgIpc) is 2.32. The van der Waals surface area contributed by atoms with E-state index in [1.165, 1.54) is 0 Å². The Morgan fingerprint density at radius 1 is 1.47 bits per heavy atom. The van der Waals surface area contributed by atoms with Gasteiger partial charge in [0.05, 0.1) is 4.47 Å². The molecule has 2 atom stereocenters. The molecule has 0 aromatic heterocycles. The van der Waals surface area contributed by atoms with Gasteiger partial charge in [-0.25, -0.2) is 4.39 Å². The van der Waals surface area contributed by atoms with Crippen molar-refractivity contribution in [1.29, 1.82) is 0 Å². The molecule has 0 bridgehead atoms. The van der Waals surface area contributed by atoms with Crippen molar-refractivity contribution >= 4 is 15.9 Å². The number of likely N-dealkylation sites (tertiary alicyclic amines) is 1. The number of piperidine rings is 1. The number of nitrogens with two attached hydrogens (primary N) is 1. The van der Waals surface area contributed by atoms with Crippen LogP contribution in [-0.4, -0.2) is 24.0 Å². The van der Waals surface area contributed by atoms with E-state index in [1.807, 2.05) is 6.07 Å². The van der Waals surface area contributed by atoms with Gasteiger partial charge in [-0.15, -0.1) is 0 Å². The van der Waals surface area contributed by atoms with Crippen LogP contribution in [0.3, 0.4) is 0 Å². The van der Waals surface area contributed by atoms with E-state index in [0.717, 1.165) is 31.5 Å². The molecule has 106 valence electrons. The van der Waals surface area contributed by atoms with E-state index >= 15 is 0 Å². The van der Waals surface area contributed by atoms with Gasteiger partial charge in [0.1, 0.15) is 5.82 Å². The molecule has 1 saturated heterocycles. The van der Waals surface area contributed by atoms with Gasteiger partial charge in [-0.1, -0.05) is 19.9 Å². The van der Waals surface area contributed by atoms with Gasteiger partial charge in [-0.05, 0) is 58.9 Å². The minimum atomic E-state index is -0.209. The van der Waals surface area contributed by atoms with Crippen molar-refractivity contribution in [2.75, 3.05) is 13.1 Å². The number of hydrogen-bond acceptors (Lipinski definition) is 2. The minimum Gasteiger partial charge on any atom is -0.326 e. The maximum absolute atomic E-state index is 13.7. The van der Waals surface area contributed by atoms with Gasteiger partial charge in [-0.2, -0.15) is 0 Å². The van der Waals surface area contributed by atoms with Crippen LogP contribution in [0, 0.1) is 11.7 Å². The fourth-order valence-corrected chi connectivity index (χ4v) is 3.17. The van der Waals surface area contributed by atoms with Crippen LogP contribution in [0.5, 0.6) is 0 Å². The monoisotopic (exact) mass is 328 g/mol. The zero-order chi connectivity index (χ0) is 14.0. The van der Waals surface area contributed by atoms with Crippen molar-refractivity contribution in [3.63, 3.8) is 0 Å². The first-order valence-corrected chi connectivity index (χ1v) is 7.73. The summed E-state index contributed by atoms with van der Waals surface area (Å²) in [4.78, 5) is 2.40. The maximum atomic E-state index is 13.7. The van der Waals surface area contributed by atoms with Crippen LogP contribution in [-0.2, 0) is 0 Å². The molecule has 0 radical (unpaired) electrons. The van der Waals surface area contributed by atoms with Gasteiger partial charge >= 0.3 is 0 Å². The molecule has 1 aromatic carbocycles. The van der Waals surface area contributed by atoms with Gasteiger partial charge in [0.25, 0.3) is 0 Å². The normalized spacial score (nSPS) is 24.9. The molecule has 0 saturated carbocycles. The standard InChI is InChI=1S/C15H22BrFN2/c1-10(2)9-19-7-3-4-14(18)15(19)11-5-6-12(16)13(17)8-11/h5-6,8,10,14-15H,3-4,7,9,18H2,1-2H3. The number of halogens is 2. The van der Waals surface area contributed by atoms with Crippen LogP contribution in [0.2, 0.25) is 0 Å². The number of rotatable bonds is 3. The average molecular weight is 329 g/mol. The molecule has 19 heavy (non-hydrogen) atoms. The molecular weight excluding hydrogens is 307 g/mol. The number of benzene rings is 1. The van der Waals surface area contributed by atoms with Crippen molar-refractivity contribution < 1.29 is 4.39 Å². The smallest absolute Gasteiger partial charge is 0.137 e. The summed E-state index contributed by atoms with van der Waals surface area (Å²) in [5.74, 6) is 0.382. The molecule has 2 unspecified atom stereocenters. The summed E-state index contributed by atoms with van der Waals surface area (Å²) >= 11 is 3.20. The van der Waals surface area contributed by atoms with E-state index in [-0.39, 0.29) is 17.9 Å². The summed E-state index contributed by atoms with van der Waals surface area (Å²) < 4.78 is 14.3. The molecule has 1 aliphatic heterocycles. The summed E-state index contributed by atoms with van der Waals surface area (Å²) in [7, 11) is 0. The molecule has 0 spiro atoms. The zero-order valence-electron chi connectivity index (χ0n) is 11.6. The third-order valence-corrected chi connectivity index (χ3v) is 4.31. The molecule has 4 heteroatoms. The lowest BCUT2D eigenvalue weighted by atomic mass is 9.90. The predicted octanol–water partition coefficient (Wildman–Crippen LogP) is 3.71. The van der Waals surface area contributed by atoms with Gasteiger partial charge in [0, 0.05) is 18.6 Å². The highest BCUT2D eigenvalue weighted by Gasteiger charge is 2.30. The molecule has 2 N–H and O–H groups in total. The zero-order valence-corrected chi connectivity index (χ0v) is 13.2. The van der Waals surface area contributed by atoms with E-state index in [1.54, 1.807) is 12.1 Å². The van der Waals surface area contributed by atoms with Gasteiger partial charge < -0.3 is 5.73 Å². The van der Waals surface area contributed by atoms with Crippen LogP contribution in [0.4, 0.5) is 4.39 Å². The lowest BCUT2D eigenvalue weighted by Crippen LogP contribution is -2.47. The predicted molar refractivity (Wildman–Crippen MR) is 80.5 cm³/mol. The lowest BCUT2D eigenvalue weighted by molar-refractivity contribution is 0.114. The van der Waals surface area contributed by atoms with Crippen LogP contribution >= 0.6 is 15.9 Å². The van der Waals surface area contributed by atoms with Crippen molar-refractivity contribution in [1.82, 2.24) is 4.90 Å². The van der Waals surface area contributed by atoms with Gasteiger partial charge in [-0.3, -0.25) is 4.90 Å².